The number of hydrogen-bond donors (Lipinski definition) is 7. The summed E-state index contributed by atoms with van der Waals surface area (Å²) in [5, 5.41) is 20.3. The Morgan fingerprint density at radius 2 is 1.92 bits per heavy atom. The number of aliphatic imine (C=N–C) groups is 1. The van der Waals surface area contributed by atoms with Crippen molar-refractivity contribution in [1.82, 2.24) is 19.5 Å². The normalized spacial score (nSPS) is 27.4. The van der Waals surface area contributed by atoms with Crippen molar-refractivity contribution in [1.29, 1.82) is 0 Å². The summed E-state index contributed by atoms with van der Waals surface area (Å²) in [7, 11) is -10.4. The maximum Gasteiger partial charge on any atom is 0.481 e. The molecule has 20 heteroatoms. The number of aromatic nitrogens is 4. The minimum Gasteiger partial charge on any atom is -0.387 e. The predicted octanol–water partition coefficient (Wildman–Crippen LogP) is -1.67. The van der Waals surface area contributed by atoms with Gasteiger partial charge in [0.15, 0.2) is 17.7 Å². The SMILES string of the molecule is NC(=O)C1C=NC=CC1.Nc1ncnc2c1ncn2[C@@H]1O[C@H](COP(=O)(O)OP(=O)(O)O)[C@@H](O)[C@H]1O. The van der Waals surface area contributed by atoms with Crippen LogP contribution in [0.25, 0.3) is 11.2 Å². The quantitative estimate of drug-likeness (QED) is 0.189. The number of anilines is 1. The van der Waals surface area contributed by atoms with Crippen molar-refractivity contribution in [3.8, 4) is 0 Å². The van der Waals surface area contributed by atoms with E-state index >= 15 is 0 Å². The second-order valence-corrected chi connectivity index (χ2v) is 10.2. The molecule has 2 unspecified atom stereocenters. The number of nitrogen functional groups attached to an aromatic ring is 1. The van der Waals surface area contributed by atoms with Crippen molar-refractivity contribution in [2.45, 2.75) is 31.0 Å². The van der Waals surface area contributed by atoms with Gasteiger partial charge >= 0.3 is 15.6 Å². The summed E-state index contributed by atoms with van der Waals surface area (Å²) in [6.45, 7) is -0.813. The number of aliphatic hydroxyl groups excluding tert-OH is 2. The third-order valence-corrected chi connectivity index (χ3v) is 6.97. The van der Waals surface area contributed by atoms with E-state index in [-0.39, 0.29) is 28.8 Å². The smallest absolute Gasteiger partial charge is 0.387 e. The molecule has 0 bridgehead atoms. The van der Waals surface area contributed by atoms with Gasteiger partial charge in [0, 0.05) is 12.4 Å². The Kier molecular flexibility index (Phi) is 8.68. The number of carbonyl (C=O) groups is 1. The first kappa shape index (κ1) is 27.9. The number of primary amides is 1. The topological polar surface area (TPSA) is 288 Å². The lowest BCUT2D eigenvalue weighted by atomic mass is 10.1. The number of rotatable bonds is 7. The van der Waals surface area contributed by atoms with Crippen LogP contribution in [0, 0.1) is 5.92 Å². The number of aliphatic hydroxyl groups is 2. The van der Waals surface area contributed by atoms with E-state index in [4.69, 9.17) is 26.0 Å². The molecule has 6 atom stereocenters. The Bertz CT molecular complexity index is 1250. The highest BCUT2D eigenvalue weighted by atomic mass is 31.3. The van der Waals surface area contributed by atoms with E-state index < -0.39 is 46.8 Å². The van der Waals surface area contributed by atoms with Gasteiger partial charge in [-0.2, -0.15) is 4.31 Å². The number of hydrogen-bond acceptors (Lipinski definition) is 13. The first-order valence-electron chi connectivity index (χ1n) is 9.95. The molecule has 0 aliphatic carbocycles. The summed E-state index contributed by atoms with van der Waals surface area (Å²) in [4.78, 5) is 52.3. The Labute approximate surface area is 202 Å². The van der Waals surface area contributed by atoms with Gasteiger partial charge in [-0.3, -0.25) is 18.9 Å². The first-order chi connectivity index (χ1) is 16.8. The molecule has 2 aromatic rings. The summed E-state index contributed by atoms with van der Waals surface area (Å²) in [5.41, 5.74) is 11.1. The van der Waals surface area contributed by atoms with Crippen LogP contribution in [0.4, 0.5) is 5.82 Å². The van der Waals surface area contributed by atoms with E-state index in [9.17, 15) is 29.0 Å². The third kappa shape index (κ3) is 6.98. The Morgan fingerprint density at radius 1 is 1.19 bits per heavy atom. The van der Waals surface area contributed by atoms with Crippen LogP contribution in [0.5, 0.6) is 0 Å². The predicted molar refractivity (Wildman–Crippen MR) is 119 cm³/mol. The van der Waals surface area contributed by atoms with E-state index in [0.717, 1.165) is 6.33 Å². The maximum absolute atomic E-state index is 11.5. The van der Waals surface area contributed by atoms with Gasteiger partial charge in [-0.25, -0.2) is 24.1 Å². The van der Waals surface area contributed by atoms with E-state index in [2.05, 4.69) is 28.8 Å². The van der Waals surface area contributed by atoms with E-state index in [1.54, 1.807) is 12.4 Å². The number of carbonyl (C=O) groups excluding carboxylic acids is 1. The zero-order valence-electron chi connectivity index (χ0n) is 18.2. The molecule has 4 heterocycles. The van der Waals surface area contributed by atoms with Gasteiger partial charge in [0.2, 0.25) is 5.91 Å². The molecule has 2 aliphatic heterocycles. The number of nitrogens with zero attached hydrogens (tertiary/aromatic N) is 5. The summed E-state index contributed by atoms with van der Waals surface area (Å²) in [5.74, 6) is -0.402. The van der Waals surface area contributed by atoms with E-state index in [1.165, 1.54) is 10.9 Å². The molecular formula is C16H23N7O11P2. The maximum atomic E-state index is 11.5. The lowest BCUT2D eigenvalue weighted by molar-refractivity contribution is -0.119. The van der Waals surface area contributed by atoms with Crippen LogP contribution >= 0.6 is 15.6 Å². The monoisotopic (exact) mass is 551 g/mol. The van der Waals surface area contributed by atoms with Crippen LogP contribution in [0.1, 0.15) is 12.6 Å². The van der Waals surface area contributed by atoms with Crippen molar-refractivity contribution >= 4 is 44.7 Å². The second kappa shape index (κ2) is 11.2. The zero-order chi connectivity index (χ0) is 26.7. The van der Waals surface area contributed by atoms with Crippen LogP contribution in [0.3, 0.4) is 0 Å². The average Bonchev–Trinajstić information content (AvgIpc) is 3.34. The molecule has 1 amide bonds. The summed E-state index contributed by atoms with van der Waals surface area (Å²) in [6, 6.07) is 0. The molecule has 9 N–H and O–H groups in total. The van der Waals surface area contributed by atoms with Gasteiger partial charge in [-0.15, -0.1) is 0 Å². The molecule has 0 radical (unpaired) electrons. The first-order valence-corrected chi connectivity index (χ1v) is 13.0. The number of ether oxygens (including phenoxy) is 1. The van der Waals surface area contributed by atoms with Crippen LogP contribution in [0.15, 0.2) is 29.9 Å². The third-order valence-electron chi connectivity index (χ3n) is 4.82. The summed E-state index contributed by atoms with van der Waals surface area (Å²) >= 11 is 0. The van der Waals surface area contributed by atoms with Crippen LogP contribution in [-0.4, -0.2) is 81.5 Å². The minimum atomic E-state index is -5.29. The molecule has 198 valence electrons. The van der Waals surface area contributed by atoms with Gasteiger partial charge in [0.1, 0.15) is 30.2 Å². The Balaban J connectivity index is 0.000000338. The number of amides is 1. The lowest BCUT2D eigenvalue weighted by Crippen LogP contribution is -2.33. The lowest BCUT2D eigenvalue weighted by Gasteiger charge is -2.17. The van der Waals surface area contributed by atoms with Crippen LogP contribution in [0.2, 0.25) is 0 Å². The standard InChI is InChI=1S/C10H15N5O10P2.C6H8N2O/c11-8-5-9(13-2-12-8)15(3-14-5)10-7(17)6(16)4(24-10)1-23-27(21,22)25-26(18,19)20;7-6(9)5-2-1-3-8-4-5/h2-4,6-7,10,16-17H,1H2,(H,21,22)(H2,11,12,13)(H2,18,19,20);1,3-5H,2H2,(H2,7,9)/t4-,6-,7-,10-;/m1./s1. The number of fused-ring (bicyclic) bond motifs is 1. The fraction of sp³-hybridized carbons (Fsp3) is 0.438. The van der Waals surface area contributed by atoms with Gasteiger partial charge in [-0.1, -0.05) is 6.08 Å². The van der Waals surface area contributed by atoms with Crippen molar-refractivity contribution in [3.63, 3.8) is 0 Å². The zero-order valence-corrected chi connectivity index (χ0v) is 19.9. The molecule has 1 saturated heterocycles. The highest BCUT2D eigenvalue weighted by molar-refractivity contribution is 7.60. The molecule has 1 fully saturated rings. The molecule has 18 nitrogen and oxygen atoms in total. The van der Waals surface area contributed by atoms with Gasteiger partial charge < -0.3 is 41.1 Å². The molecule has 2 aromatic heterocycles. The molecule has 36 heavy (non-hydrogen) atoms. The van der Waals surface area contributed by atoms with Crippen molar-refractivity contribution in [3.05, 3.63) is 24.9 Å². The highest BCUT2D eigenvalue weighted by Crippen LogP contribution is 2.57. The largest absolute Gasteiger partial charge is 0.481 e. The number of nitrogens with two attached hydrogens (primary N) is 2. The Hall–Kier alpha value is -2.63. The highest BCUT2D eigenvalue weighted by Gasteiger charge is 2.46. The van der Waals surface area contributed by atoms with E-state index in [1.807, 2.05) is 6.08 Å². The minimum absolute atomic E-state index is 0.0856. The molecule has 2 aliphatic rings. The molecule has 0 saturated carbocycles. The summed E-state index contributed by atoms with van der Waals surface area (Å²) < 4.78 is 36.8. The number of allylic oxidation sites excluding steroid dienone is 1. The van der Waals surface area contributed by atoms with Gasteiger partial charge in [-0.05, 0) is 6.42 Å². The number of imidazole rings is 1. The van der Waals surface area contributed by atoms with Gasteiger partial charge in [0.25, 0.3) is 0 Å². The van der Waals surface area contributed by atoms with Crippen LogP contribution in [-0.2, 0) is 27.5 Å². The second-order valence-electron chi connectivity index (χ2n) is 7.39. The van der Waals surface area contributed by atoms with E-state index in [0.29, 0.717) is 6.42 Å². The van der Waals surface area contributed by atoms with Crippen LogP contribution < -0.4 is 11.5 Å². The number of phosphoric ester groups is 1. The van der Waals surface area contributed by atoms with Crippen molar-refractivity contribution in [2.75, 3.05) is 12.3 Å². The fourth-order valence-corrected chi connectivity index (χ4v) is 4.75. The van der Waals surface area contributed by atoms with Crippen molar-refractivity contribution < 1.29 is 52.4 Å². The summed E-state index contributed by atoms with van der Waals surface area (Å²) in [6.07, 6.45) is 2.56. The molecule has 0 aromatic carbocycles. The Morgan fingerprint density at radius 3 is 2.50 bits per heavy atom. The fourth-order valence-electron chi connectivity index (χ4n) is 3.15. The average molecular weight is 551 g/mol. The molecular weight excluding hydrogens is 528 g/mol. The van der Waals surface area contributed by atoms with Gasteiger partial charge in [0.05, 0.1) is 18.9 Å². The molecule has 0 spiro atoms. The van der Waals surface area contributed by atoms with Crippen molar-refractivity contribution in [2.24, 2.45) is 16.6 Å². The molecule has 4 rings (SSSR count). The number of phosphoric acid groups is 2.